The molecule has 3 rings (SSSR count). The van der Waals surface area contributed by atoms with Crippen LogP contribution in [0.25, 0.3) is 0 Å². The molecule has 0 saturated heterocycles. The molecule has 1 atom stereocenters. The Kier molecular flexibility index (Phi) is 11.2. The summed E-state index contributed by atoms with van der Waals surface area (Å²) in [7, 11) is 1.42. The maximum absolute atomic E-state index is 12.9. The number of nitrogens with zero attached hydrogens (tertiary/aromatic N) is 2. The lowest BCUT2D eigenvalue weighted by Crippen LogP contribution is -2.47. The number of nitro benzene ring substituents is 1. The molecule has 0 aliphatic carbocycles. The van der Waals surface area contributed by atoms with Crippen molar-refractivity contribution in [2.24, 2.45) is 11.0 Å². The number of carbonyl (C=O) groups is 2. The average molecular weight is 563 g/mol. The molecule has 0 aliphatic rings. The lowest BCUT2D eigenvalue weighted by Gasteiger charge is -2.19. The maximum Gasteiger partial charge on any atom is 0.282 e. The molecule has 0 aromatic heterocycles. The Morgan fingerprint density at radius 3 is 2.37 bits per heavy atom. The molecule has 0 heterocycles. The predicted molar refractivity (Wildman–Crippen MR) is 154 cm³/mol. The second-order valence-electron chi connectivity index (χ2n) is 9.63. The molecular formula is C30H34N4O7. The number of nitrogens with one attached hydrogen (secondary N) is 2. The van der Waals surface area contributed by atoms with Gasteiger partial charge < -0.3 is 19.5 Å². The van der Waals surface area contributed by atoms with Crippen molar-refractivity contribution in [2.45, 2.75) is 39.8 Å². The van der Waals surface area contributed by atoms with Gasteiger partial charge in [0.1, 0.15) is 18.4 Å². The van der Waals surface area contributed by atoms with Crippen molar-refractivity contribution < 1.29 is 28.7 Å². The van der Waals surface area contributed by atoms with Crippen molar-refractivity contribution in [2.75, 3.05) is 13.7 Å². The van der Waals surface area contributed by atoms with Gasteiger partial charge in [-0.05, 0) is 42.5 Å². The molecule has 0 bridgehead atoms. The van der Waals surface area contributed by atoms with Gasteiger partial charge in [0.2, 0.25) is 0 Å². The summed E-state index contributed by atoms with van der Waals surface area (Å²) in [5, 5.41) is 18.4. The molecule has 0 unspecified atom stereocenters. The first-order valence-corrected chi connectivity index (χ1v) is 13.0. The molecule has 3 aromatic rings. The first kappa shape index (κ1) is 30.6. The number of para-hydroxylation sites is 1. The Hall–Kier alpha value is -4.93. The first-order chi connectivity index (χ1) is 19.7. The van der Waals surface area contributed by atoms with Crippen LogP contribution in [0.15, 0.2) is 71.8 Å². The third-order valence-electron chi connectivity index (χ3n) is 5.94. The molecule has 216 valence electrons. The summed E-state index contributed by atoms with van der Waals surface area (Å²) in [6.07, 6.45) is 1.49. The number of carbonyl (C=O) groups excluding carboxylic acids is 2. The van der Waals surface area contributed by atoms with Gasteiger partial charge in [0.25, 0.3) is 17.5 Å². The van der Waals surface area contributed by atoms with Crippen LogP contribution in [0.2, 0.25) is 0 Å². The van der Waals surface area contributed by atoms with Crippen LogP contribution >= 0.6 is 0 Å². The summed E-state index contributed by atoms with van der Waals surface area (Å²) in [6, 6.07) is 18.4. The molecule has 0 spiro atoms. The van der Waals surface area contributed by atoms with E-state index in [1.54, 1.807) is 12.1 Å². The predicted octanol–water partition coefficient (Wildman–Crippen LogP) is 4.55. The lowest BCUT2D eigenvalue weighted by atomic mass is 10.0. The molecule has 0 radical (unpaired) electrons. The Balaban J connectivity index is 1.68. The van der Waals surface area contributed by atoms with E-state index in [-0.39, 0.29) is 41.9 Å². The zero-order valence-corrected chi connectivity index (χ0v) is 23.5. The van der Waals surface area contributed by atoms with Crippen molar-refractivity contribution >= 4 is 23.7 Å². The number of hydrogen-bond acceptors (Lipinski definition) is 8. The third-order valence-corrected chi connectivity index (χ3v) is 5.94. The van der Waals surface area contributed by atoms with Crippen LogP contribution in [0, 0.1) is 23.0 Å². The quantitative estimate of drug-likeness (QED) is 0.167. The zero-order chi connectivity index (χ0) is 29.8. The number of hydrogen-bond donors (Lipinski definition) is 2. The molecule has 3 aromatic carbocycles. The van der Waals surface area contributed by atoms with Crippen LogP contribution in [0.3, 0.4) is 0 Å². The van der Waals surface area contributed by atoms with Gasteiger partial charge in [-0.25, -0.2) is 5.43 Å². The topological polar surface area (TPSA) is 141 Å². The van der Waals surface area contributed by atoms with E-state index in [4.69, 9.17) is 14.2 Å². The fourth-order valence-electron chi connectivity index (χ4n) is 3.88. The Bertz CT molecular complexity index is 1380. The largest absolute Gasteiger partial charge is 0.493 e. The maximum atomic E-state index is 12.9. The fraction of sp³-hybridized carbons (Fsp3) is 0.300. The van der Waals surface area contributed by atoms with Crippen molar-refractivity contribution in [3.8, 4) is 17.2 Å². The summed E-state index contributed by atoms with van der Waals surface area (Å²) >= 11 is 0. The first-order valence-electron chi connectivity index (χ1n) is 13.0. The number of amides is 2. The van der Waals surface area contributed by atoms with Gasteiger partial charge in [-0.3, -0.25) is 19.7 Å². The molecule has 2 amide bonds. The smallest absolute Gasteiger partial charge is 0.282 e. The van der Waals surface area contributed by atoms with E-state index in [9.17, 15) is 19.7 Å². The highest BCUT2D eigenvalue weighted by molar-refractivity contribution is 5.90. The van der Waals surface area contributed by atoms with Crippen LogP contribution in [-0.4, -0.2) is 42.7 Å². The van der Waals surface area contributed by atoms with Gasteiger partial charge in [0.15, 0.2) is 18.1 Å². The third kappa shape index (κ3) is 9.34. The second-order valence-corrected chi connectivity index (χ2v) is 9.63. The summed E-state index contributed by atoms with van der Waals surface area (Å²) in [4.78, 5) is 36.6. The van der Waals surface area contributed by atoms with Crippen LogP contribution in [0.1, 0.15) is 37.0 Å². The average Bonchev–Trinajstić information content (AvgIpc) is 2.95. The normalized spacial score (nSPS) is 11.6. The molecule has 0 aliphatic heterocycles. The molecule has 0 saturated carbocycles. The number of ether oxygens (including phenoxy) is 3. The van der Waals surface area contributed by atoms with Gasteiger partial charge in [-0.2, -0.15) is 5.10 Å². The van der Waals surface area contributed by atoms with Gasteiger partial charge >= 0.3 is 0 Å². The zero-order valence-electron chi connectivity index (χ0n) is 23.5. The highest BCUT2D eigenvalue weighted by atomic mass is 16.6. The van der Waals surface area contributed by atoms with E-state index < -0.39 is 22.8 Å². The van der Waals surface area contributed by atoms with E-state index in [1.165, 1.54) is 19.2 Å². The molecule has 0 fully saturated rings. The number of hydrazone groups is 1. The van der Waals surface area contributed by atoms with Gasteiger partial charge in [0.05, 0.1) is 29.9 Å². The monoisotopic (exact) mass is 562 g/mol. The van der Waals surface area contributed by atoms with E-state index in [2.05, 4.69) is 15.8 Å². The Morgan fingerprint density at radius 2 is 1.71 bits per heavy atom. The minimum Gasteiger partial charge on any atom is -0.493 e. The van der Waals surface area contributed by atoms with E-state index >= 15 is 0 Å². The van der Waals surface area contributed by atoms with Crippen LogP contribution in [-0.2, 0) is 16.2 Å². The van der Waals surface area contributed by atoms with E-state index in [1.807, 2.05) is 63.2 Å². The van der Waals surface area contributed by atoms with Crippen molar-refractivity contribution in [1.82, 2.24) is 10.7 Å². The van der Waals surface area contributed by atoms with Crippen LogP contribution < -0.4 is 25.0 Å². The molecule has 11 heteroatoms. The summed E-state index contributed by atoms with van der Waals surface area (Å²) in [6.45, 7) is 5.62. The van der Waals surface area contributed by atoms with Crippen LogP contribution in [0.5, 0.6) is 17.2 Å². The highest BCUT2D eigenvalue weighted by Gasteiger charge is 2.23. The molecule has 11 nitrogen and oxygen atoms in total. The Morgan fingerprint density at radius 1 is 1.00 bits per heavy atom. The molecule has 2 N–H and O–H groups in total. The van der Waals surface area contributed by atoms with Gasteiger partial charge in [-0.15, -0.1) is 0 Å². The number of rotatable bonds is 14. The van der Waals surface area contributed by atoms with E-state index in [0.29, 0.717) is 12.2 Å². The van der Waals surface area contributed by atoms with Crippen molar-refractivity contribution in [1.29, 1.82) is 0 Å². The van der Waals surface area contributed by atoms with Crippen molar-refractivity contribution in [3.05, 3.63) is 93.5 Å². The Labute approximate surface area is 238 Å². The number of aryl methyl sites for hydroxylation is 1. The number of benzene rings is 3. The molecule has 41 heavy (non-hydrogen) atoms. The standard InChI is InChI=1S/C30H34N4O7/c1-20(2)14-24(32-29(35)19-41-26-13-9-8-10-21(26)3)30(36)33-31-17-23-15-27(39-4)28(16-25(23)34(37)38)40-18-22-11-6-5-7-12-22/h5-13,15-17,20,24H,14,18-19H2,1-4H3,(H,32,35)(H,33,36)/b31-17-/t24-/m1/s1. The second kappa shape index (κ2) is 15.0. The SMILES string of the molecule is COc1cc(/C=N\NC(=O)[C@@H](CC(C)C)NC(=O)COc2ccccc2C)c([N+](=O)[O-])cc1OCc1ccccc1. The summed E-state index contributed by atoms with van der Waals surface area (Å²) < 4.78 is 16.7. The van der Waals surface area contributed by atoms with Crippen molar-refractivity contribution in [3.63, 3.8) is 0 Å². The number of methoxy groups -OCH3 is 1. The number of nitro groups is 1. The summed E-state index contributed by atoms with van der Waals surface area (Å²) in [5.41, 5.74) is 3.94. The highest BCUT2D eigenvalue weighted by Crippen LogP contribution is 2.34. The lowest BCUT2D eigenvalue weighted by molar-refractivity contribution is -0.385. The van der Waals surface area contributed by atoms with Gasteiger partial charge in [0, 0.05) is 0 Å². The summed E-state index contributed by atoms with van der Waals surface area (Å²) in [5.74, 6) is 0.0719. The van der Waals surface area contributed by atoms with E-state index in [0.717, 1.165) is 17.3 Å². The minimum atomic E-state index is -0.890. The van der Waals surface area contributed by atoms with Gasteiger partial charge in [-0.1, -0.05) is 62.4 Å². The minimum absolute atomic E-state index is 0.0843. The molecular weight excluding hydrogens is 528 g/mol. The fourth-order valence-corrected chi connectivity index (χ4v) is 3.88. The van der Waals surface area contributed by atoms with Crippen LogP contribution in [0.4, 0.5) is 5.69 Å².